The summed E-state index contributed by atoms with van der Waals surface area (Å²) in [6.45, 7) is 16.6. The second kappa shape index (κ2) is 12.0. The van der Waals surface area contributed by atoms with Crippen LogP contribution in [0.3, 0.4) is 0 Å². The van der Waals surface area contributed by atoms with Crippen LogP contribution in [0.4, 0.5) is 0 Å². The lowest BCUT2D eigenvalue weighted by Gasteiger charge is -2.58. The Labute approximate surface area is 222 Å². The second-order valence-corrected chi connectivity index (χ2v) is 13.6. The van der Waals surface area contributed by atoms with E-state index in [-0.39, 0.29) is 6.61 Å². The van der Waals surface area contributed by atoms with E-state index in [1.807, 2.05) is 0 Å². The van der Waals surface area contributed by atoms with Crippen molar-refractivity contribution in [1.29, 1.82) is 0 Å². The average Bonchev–Trinajstić information content (AvgIpc) is 3.21. The molecule has 0 amide bonds. The molecule has 0 aromatic carbocycles. The maximum Gasteiger partial charge on any atom is 0.0704 e. The van der Waals surface area contributed by atoms with Gasteiger partial charge in [0, 0.05) is 0 Å². The zero-order chi connectivity index (χ0) is 25.9. The maximum absolute atomic E-state index is 8.88. The monoisotopic (exact) mass is 500 g/mol. The van der Waals surface area contributed by atoms with Gasteiger partial charge in [0.05, 0.1) is 32.5 Å². The highest BCUT2D eigenvalue weighted by molar-refractivity contribution is 5.25. The highest BCUT2D eigenvalue weighted by Gasteiger charge is 2.59. The van der Waals surface area contributed by atoms with Crippen LogP contribution in [0.25, 0.3) is 0 Å². The molecule has 4 aliphatic rings. The number of hydrogen-bond acceptors (Lipinski definition) is 3. The number of hydrogen-bond donors (Lipinski definition) is 1. The molecule has 0 bridgehead atoms. The minimum absolute atomic E-state index is 0.0884. The van der Waals surface area contributed by atoms with Gasteiger partial charge in [0.2, 0.25) is 0 Å². The minimum atomic E-state index is 0.0884. The molecule has 9 atom stereocenters. The van der Waals surface area contributed by atoms with Crippen LogP contribution in [0.5, 0.6) is 0 Å². The molecule has 3 nitrogen and oxygen atoms in total. The van der Waals surface area contributed by atoms with Crippen LogP contribution in [-0.4, -0.2) is 37.6 Å². The summed E-state index contributed by atoms with van der Waals surface area (Å²) < 4.78 is 11.6. The predicted molar refractivity (Wildman–Crippen MR) is 150 cm³/mol. The lowest BCUT2D eigenvalue weighted by molar-refractivity contribution is -0.0662. The molecule has 4 rings (SSSR count). The third-order valence-corrected chi connectivity index (χ3v) is 11.6. The van der Waals surface area contributed by atoms with Crippen molar-refractivity contribution in [3.8, 4) is 0 Å². The highest BCUT2D eigenvalue weighted by Crippen LogP contribution is 2.67. The third-order valence-electron chi connectivity index (χ3n) is 11.6. The summed E-state index contributed by atoms with van der Waals surface area (Å²) >= 11 is 0. The Morgan fingerprint density at radius 1 is 1.00 bits per heavy atom. The van der Waals surface area contributed by atoms with Gasteiger partial charge >= 0.3 is 0 Å². The molecule has 0 saturated heterocycles. The molecule has 1 N–H and O–H groups in total. The normalized spacial score (nSPS) is 40.0. The Bertz CT molecular complexity index is 771. The van der Waals surface area contributed by atoms with Crippen molar-refractivity contribution < 1.29 is 14.6 Å². The molecule has 3 fully saturated rings. The van der Waals surface area contributed by atoms with Gasteiger partial charge in [-0.25, -0.2) is 0 Å². The number of rotatable bonds is 11. The molecule has 0 radical (unpaired) electrons. The largest absolute Gasteiger partial charge is 0.394 e. The summed E-state index contributed by atoms with van der Waals surface area (Å²) in [5.74, 6) is 5.65. The van der Waals surface area contributed by atoms with Crippen LogP contribution in [0.15, 0.2) is 23.8 Å². The molecule has 3 saturated carbocycles. The lowest BCUT2D eigenvalue weighted by Crippen LogP contribution is -2.51. The number of aliphatic hydroxyl groups is 1. The Kier molecular flexibility index (Phi) is 9.49. The summed E-state index contributed by atoms with van der Waals surface area (Å²) in [6, 6.07) is 0. The Morgan fingerprint density at radius 3 is 2.53 bits per heavy atom. The fourth-order valence-corrected chi connectivity index (χ4v) is 9.40. The first-order chi connectivity index (χ1) is 17.2. The molecule has 36 heavy (non-hydrogen) atoms. The number of aliphatic hydroxyl groups excluding tert-OH is 1. The fourth-order valence-electron chi connectivity index (χ4n) is 9.40. The summed E-state index contributed by atoms with van der Waals surface area (Å²) in [4.78, 5) is 0. The van der Waals surface area contributed by atoms with Gasteiger partial charge in [-0.3, -0.25) is 0 Å². The first kappa shape index (κ1) is 28.4. The minimum Gasteiger partial charge on any atom is -0.394 e. The van der Waals surface area contributed by atoms with Crippen molar-refractivity contribution in [3.63, 3.8) is 0 Å². The number of allylic oxidation sites excluding steroid dienone is 3. The molecular weight excluding hydrogens is 444 g/mol. The first-order valence-electron chi connectivity index (χ1n) is 15.4. The quantitative estimate of drug-likeness (QED) is 0.232. The van der Waals surface area contributed by atoms with Gasteiger partial charge in [0.1, 0.15) is 0 Å². The standard InChI is InChI=1S/C33H56O3/c1-7-25(23(2)3)9-8-24(4)29-12-13-30-28-11-10-26-22-27(36-21-20-35-19-18-34)14-16-32(26,5)31(28)15-17-33(29,30)6/h8-10,23-25,27-31,34H,7,11-22H2,1-6H3/t24-,25-,27+,28?,29-,30?,31?,32+,33-/m1/s1. The SMILES string of the molecule is CC[C@H](C=C[C@@H](C)[C@H]1CCC2C3CC=C4C[C@@H](OCCOCCO)CC[C@]4(C)C3CC[C@@]21C)C(C)C. The smallest absolute Gasteiger partial charge is 0.0704 e. The lowest BCUT2D eigenvalue weighted by atomic mass is 9.47. The van der Waals surface area contributed by atoms with Crippen molar-refractivity contribution >= 4 is 0 Å². The van der Waals surface area contributed by atoms with Crippen LogP contribution in [0, 0.1) is 52.3 Å². The van der Waals surface area contributed by atoms with Crippen molar-refractivity contribution in [1.82, 2.24) is 0 Å². The van der Waals surface area contributed by atoms with Crippen molar-refractivity contribution in [2.75, 3.05) is 26.4 Å². The topological polar surface area (TPSA) is 38.7 Å². The fraction of sp³-hybridized carbons (Fsp3) is 0.879. The zero-order valence-electron chi connectivity index (χ0n) is 24.3. The third kappa shape index (κ3) is 5.55. The van der Waals surface area contributed by atoms with E-state index in [4.69, 9.17) is 14.6 Å². The molecule has 3 unspecified atom stereocenters. The highest BCUT2D eigenvalue weighted by atomic mass is 16.5. The molecule has 0 aromatic rings. The molecule has 3 heteroatoms. The van der Waals surface area contributed by atoms with E-state index in [9.17, 15) is 0 Å². The average molecular weight is 501 g/mol. The van der Waals surface area contributed by atoms with Gasteiger partial charge in [-0.05, 0) is 110 Å². The Balaban J connectivity index is 1.40. The van der Waals surface area contributed by atoms with Crippen molar-refractivity contribution in [3.05, 3.63) is 23.8 Å². The van der Waals surface area contributed by atoms with Gasteiger partial charge in [-0.15, -0.1) is 0 Å². The predicted octanol–water partition coefficient (Wildman–Crippen LogP) is 7.83. The number of ether oxygens (including phenoxy) is 2. The second-order valence-electron chi connectivity index (χ2n) is 13.6. The van der Waals surface area contributed by atoms with Crippen molar-refractivity contribution in [2.24, 2.45) is 52.3 Å². The molecule has 0 spiro atoms. The van der Waals surface area contributed by atoms with Crippen LogP contribution >= 0.6 is 0 Å². The van der Waals surface area contributed by atoms with Gasteiger partial charge in [0.25, 0.3) is 0 Å². The van der Waals surface area contributed by atoms with E-state index in [0.717, 1.165) is 41.9 Å². The van der Waals surface area contributed by atoms with Gasteiger partial charge in [0.15, 0.2) is 0 Å². The number of fused-ring (bicyclic) bond motifs is 5. The first-order valence-corrected chi connectivity index (χ1v) is 15.4. The molecule has 0 heterocycles. The van der Waals surface area contributed by atoms with Crippen LogP contribution in [0.1, 0.15) is 99.3 Å². The van der Waals surface area contributed by atoms with E-state index in [0.29, 0.717) is 42.7 Å². The van der Waals surface area contributed by atoms with E-state index in [1.165, 1.54) is 51.4 Å². The molecule has 0 aromatic heterocycles. The summed E-state index contributed by atoms with van der Waals surface area (Å²) in [5.41, 5.74) is 2.60. The van der Waals surface area contributed by atoms with Crippen LogP contribution in [0.2, 0.25) is 0 Å². The Hall–Kier alpha value is -0.640. The molecular formula is C33H56O3. The molecule has 206 valence electrons. The summed E-state index contributed by atoms with van der Waals surface area (Å²) in [7, 11) is 0. The van der Waals surface area contributed by atoms with E-state index >= 15 is 0 Å². The van der Waals surface area contributed by atoms with Gasteiger partial charge in [-0.2, -0.15) is 0 Å². The summed E-state index contributed by atoms with van der Waals surface area (Å²) in [6.07, 6.45) is 20.0. The zero-order valence-corrected chi connectivity index (χ0v) is 24.3. The van der Waals surface area contributed by atoms with Crippen molar-refractivity contribution in [2.45, 2.75) is 105 Å². The van der Waals surface area contributed by atoms with Gasteiger partial charge < -0.3 is 14.6 Å². The summed E-state index contributed by atoms with van der Waals surface area (Å²) in [5, 5.41) is 8.88. The van der Waals surface area contributed by atoms with E-state index in [2.05, 4.69) is 59.8 Å². The maximum atomic E-state index is 8.88. The molecule has 4 aliphatic carbocycles. The van der Waals surface area contributed by atoms with Crippen LogP contribution < -0.4 is 0 Å². The van der Waals surface area contributed by atoms with E-state index < -0.39 is 0 Å². The van der Waals surface area contributed by atoms with E-state index in [1.54, 1.807) is 5.57 Å². The van der Waals surface area contributed by atoms with Crippen LogP contribution in [-0.2, 0) is 9.47 Å². The molecule has 0 aliphatic heterocycles. The Morgan fingerprint density at radius 2 is 1.81 bits per heavy atom. The van der Waals surface area contributed by atoms with Gasteiger partial charge in [-0.1, -0.05) is 65.3 Å².